The third-order valence-electron chi connectivity index (χ3n) is 2.76. The summed E-state index contributed by atoms with van der Waals surface area (Å²) < 4.78 is 30.1. The molecule has 0 aliphatic rings. The minimum atomic E-state index is -3.99. The van der Waals surface area contributed by atoms with Crippen molar-refractivity contribution >= 4 is 10.1 Å². The number of nitrogens with zero attached hydrogens (tertiary/aromatic N) is 1. The van der Waals surface area contributed by atoms with E-state index in [1.807, 2.05) is 0 Å². The molecule has 8 heteroatoms. The van der Waals surface area contributed by atoms with Crippen LogP contribution in [0.25, 0.3) is 0 Å². The molecule has 104 valence electrons. The predicted molar refractivity (Wildman–Crippen MR) is 62.0 cm³/mol. The molecule has 0 bridgehead atoms. The molecular weight excluding hydrogens is 250 g/mol. The molecule has 0 fully saturated rings. The van der Waals surface area contributed by atoms with Crippen LogP contribution in [0.15, 0.2) is 0 Å². The summed E-state index contributed by atoms with van der Waals surface area (Å²) in [5.41, 5.74) is 0. The molecule has 0 aromatic carbocycles. The first-order chi connectivity index (χ1) is 7.89. The monoisotopic (exact) mass is 272 g/mol. The van der Waals surface area contributed by atoms with Gasteiger partial charge in [0.1, 0.15) is 19.6 Å². The Morgan fingerprint density at radius 1 is 0.824 bits per heavy atom. The van der Waals surface area contributed by atoms with Gasteiger partial charge in [-0.1, -0.05) is 0 Å². The fourth-order valence-electron chi connectivity index (χ4n) is 1.89. The molecule has 0 aliphatic heterocycles. The van der Waals surface area contributed by atoms with Crippen LogP contribution in [0.1, 0.15) is 6.42 Å². The van der Waals surface area contributed by atoms with Crippen molar-refractivity contribution in [2.24, 2.45) is 0 Å². The Morgan fingerprint density at radius 2 is 1.24 bits per heavy atom. The molecule has 0 amide bonds. The molecule has 0 saturated heterocycles. The lowest BCUT2D eigenvalue weighted by atomic mass is 10.3. The molecule has 0 aliphatic carbocycles. The average Bonchev–Trinajstić information content (AvgIpc) is 2.16. The second-order valence-corrected chi connectivity index (χ2v) is 5.62. The summed E-state index contributed by atoms with van der Waals surface area (Å²) in [4.78, 5) is 0. The molecule has 0 atom stereocenters. The minimum Gasteiger partial charge on any atom is -0.391 e. The van der Waals surface area contributed by atoms with E-state index in [0.29, 0.717) is 26.2 Å². The van der Waals surface area contributed by atoms with Crippen molar-refractivity contribution in [3.8, 4) is 0 Å². The molecule has 0 spiro atoms. The van der Waals surface area contributed by atoms with Crippen molar-refractivity contribution in [1.29, 1.82) is 0 Å². The zero-order valence-corrected chi connectivity index (χ0v) is 10.6. The molecule has 0 aromatic rings. The van der Waals surface area contributed by atoms with Crippen molar-refractivity contribution in [2.45, 2.75) is 6.42 Å². The van der Waals surface area contributed by atoms with Crippen LogP contribution >= 0.6 is 0 Å². The van der Waals surface area contributed by atoms with Gasteiger partial charge in [0, 0.05) is 6.42 Å². The number of rotatable bonds is 10. The summed E-state index contributed by atoms with van der Waals surface area (Å²) in [6.07, 6.45) is 0.221. The van der Waals surface area contributed by atoms with Crippen molar-refractivity contribution in [3.63, 3.8) is 0 Å². The van der Waals surface area contributed by atoms with Crippen molar-refractivity contribution in [3.05, 3.63) is 0 Å². The van der Waals surface area contributed by atoms with Crippen molar-refractivity contribution in [1.82, 2.24) is 0 Å². The highest BCUT2D eigenvalue weighted by Gasteiger charge is 2.26. The topological polar surface area (TPSA) is 115 Å². The normalized spacial score (nSPS) is 12.9. The summed E-state index contributed by atoms with van der Waals surface area (Å²) in [6, 6.07) is 0. The first-order valence-electron chi connectivity index (χ1n) is 5.52. The first kappa shape index (κ1) is 16.8. The Bertz CT molecular complexity index is 275. The standard InChI is InChI=1S/C9H21NO6S/c11-6-3-10(4-7-12,5-8-13)2-1-9-17(14,15)16/h11-13H,1-9H2/p+1. The quantitative estimate of drug-likeness (QED) is 0.272. The first-order valence-corrected chi connectivity index (χ1v) is 7.13. The van der Waals surface area contributed by atoms with Gasteiger partial charge in [-0.15, -0.1) is 0 Å². The summed E-state index contributed by atoms with van der Waals surface area (Å²) in [5.74, 6) is -0.352. The summed E-state index contributed by atoms with van der Waals surface area (Å²) in [7, 11) is -3.99. The minimum absolute atomic E-state index is 0.105. The van der Waals surface area contributed by atoms with Gasteiger partial charge in [-0.3, -0.25) is 4.55 Å². The third-order valence-corrected chi connectivity index (χ3v) is 3.56. The lowest BCUT2D eigenvalue weighted by molar-refractivity contribution is -0.928. The van der Waals surface area contributed by atoms with Gasteiger partial charge in [-0.05, 0) is 0 Å². The van der Waals surface area contributed by atoms with E-state index in [-0.39, 0.29) is 36.5 Å². The number of hydrogen-bond acceptors (Lipinski definition) is 5. The van der Waals surface area contributed by atoms with Gasteiger partial charge in [-0.25, -0.2) is 0 Å². The van der Waals surface area contributed by atoms with Crippen LogP contribution in [0, 0.1) is 0 Å². The second kappa shape index (κ2) is 7.96. The smallest absolute Gasteiger partial charge is 0.265 e. The Morgan fingerprint density at radius 3 is 1.53 bits per heavy atom. The summed E-state index contributed by atoms with van der Waals surface area (Å²) >= 11 is 0. The summed E-state index contributed by atoms with van der Waals surface area (Å²) in [6.45, 7) is 1.08. The van der Waals surface area contributed by atoms with Gasteiger partial charge >= 0.3 is 0 Å². The molecule has 0 aromatic heterocycles. The maximum absolute atomic E-state index is 10.6. The fourth-order valence-corrected chi connectivity index (χ4v) is 2.38. The van der Waals surface area contributed by atoms with E-state index in [9.17, 15) is 8.42 Å². The van der Waals surface area contributed by atoms with E-state index >= 15 is 0 Å². The molecule has 0 heterocycles. The maximum atomic E-state index is 10.6. The molecule has 0 unspecified atom stereocenters. The van der Waals surface area contributed by atoms with Crippen LogP contribution in [0.3, 0.4) is 0 Å². The molecule has 0 radical (unpaired) electrons. The van der Waals surface area contributed by atoms with Gasteiger partial charge in [-0.2, -0.15) is 8.42 Å². The Balaban J connectivity index is 4.43. The van der Waals surface area contributed by atoms with Gasteiger partial charge in [0.15, 0.2) is 0 Å². The van der Waals surface area contributed by atoms with Crippen LogP contribution < -0.4 is 0 Å². The number of hydrogen-bond donors (Lipinski definition) is 4. The molecule has 0 rings (SSSR count). The largest absolute Gasteiger partial charge is 0.391 e. The van der Waals surface area contributed by atoms with E-state index in [0.717, 1.165) is 0 Å². The molecular formula is C9H22NO6S+. The van der Waals surface area contributed by atoms with E-state index in [1.54, 1.807) is 0 Å². The molecule has 0 saturated carbocycles. The number of aliphatic hydroxyl groups excluding tert-OH is 3. The van der Waals surface area contributed by atoms with Crippen LogP contribution in [0.2, 0.25) is 0 Å². The zero-order valence-electron chi connectivity index (χ0n) is 9.82. The SMILES string of the molecule is O=S(=O)(O)CCC[N+](CCO)(CCO)CCO. The summed E-state index contributed by atoms with van der Waals surface area (Å²) in [5, 5.41) is 26.9. The Kier molecular flexibility index (Phi) is 7.84. The molecule has 17 heavy (non-hydrogen) atoms. The molecule has 4 N–H and O–H groups in total. The highest BCUT2D eigenvalue weighted by molar-refractivity contribution is 7.85. The van der Waals surface area contributed by atoms with E-state index < -0.39 is 10.1 Å². The molecule has 7 nitrogen and oxygen atoms in total. The highest BCUT2D eigenvalue weighted by atomic mass is 32.2. The van der Waals surface area contributed by atoms with Gasteiger partial charge < -0.3 is 19.8 Å². The fraction of sp³-hybridized carbons (Fsp3) is 1.00. The van der Waals surface area contributed by atoms with Gasteiger partial charge in [0.05, 0.1) is 32.1 Å². The lowest BCUT2D eigenvalue weighted by Crippen LogP contribution is -2.54. The van der Waals surface area contributed by atoms with E-state index in [1.165, 1.54) is 0 Å². The average molecular weight is 272 g/mol. The second-order valence-electron chi connectivity index (χ2n) is 4.05. The van der Waals surface area contributed by atoms with Crippen LogP contribution in [-0.4, -0.2) is 84.5 Å². The van der Waals surface area contributed by atoms with Gasteiger partial charge in [0.25, 0.3) is 10.1 Å². The van der Waals surface area contributed by atoms with Crippen molar-refractivity contribution < 1.29 is 32.8 Å². The lowest BCUT2D eigenvalue weighted by Gasteiger charge is -2.37. The maximum Gasteiger partial charge on any atom is 0.265 e. The number of aliphatic hydroxyl groups is 3. The Labute approximate surface area is 102 Å². The van der Waals surface area contributed by atoms with Gasteiger partial charge in [0.2, 0.25) is 0 Å². The van der Waals surface area contributed by atoms with Crippen LogP contribution in [0.4, 0.5) is 0 Å². The zero-order chi connectivity index (χ0) is 13.4. The van der Waals surface area contributed by atoms with Crippen LogP contribution in [0.5, 0.6) is 0 Å². The van der Waals surface area contributed by atoms with Crippen molar-refractivity contribution in [2.75, 3.05) is 51.8 Å². The predicted octanol–water partition coefficient (Wildman–Crippen LogP) is -1.94. The Hall–Kier alpha value is -0.250. The number of quaternary nitrogens is 1. The van der Waals surface area contributed by atoms with E-state index in [2.05, 4.69) is 0 Å². The third kappa shape index (κ3) is 7.63. The van der Waals surface area contributed by atoms with E-state index in [4.69, 9.17) is 19.9 Å². The highest BCUT2D eigenvalue weighted by Crippen LogP contribution is 2.08. The van der Waals surface area contributed by atoms with Crippen LogP contribution in [-0.2, 0) is 10.1 Å².